The van der Waals surface area contributed by atoms with Crippen molar-refractivity contribution in [2.24, 2.45) is 11.3 Å². The number of aryl methyl sites for hydroxylation is 1. The van der Waals surface area contributed by atoms with Gasteiger partial charge in [0, 0.05) is 0 Å². The molecule has 0 spiro atoms. The molecule has 3 atom stereocenters. The average Bonchev–Trinajstić information content (AvgIpc) is 2.67. The van der Waals surface area contributed by atoms with E-state index in [0.717, 1.165) is 32.1 Å². The number of esters is 1. The molecule has 0 amide bonds. The predicted molar refractivity (Wildman–Crippen MR) is 111 cm³/mol. The van der Waals surface area contributed by atoms with Gasteiger partial charge in [0.1, 0.15) is 6.61 Å². The van der Waals surface area contributed by atoms with Crippen molar-refractivity contribution in [1.29, 1.82) is 0 Å². The van der Waals surface area contributed by atoms with Gasteiger partial charge in [-0.2, -0.15) is 0 Å². The Balaban J connectivity index is 1.79. The number of hydrogen-bond donors (Lipinski definition) is 1. The molecule has 1 N–H and O–H groups in total. The summed E-state index contributed by atoms with van der Waals surface area (Å²) in [5.41, 5.74) is 3.90. The van der Waals surface area contributed by atoms with Crippen LogP contribution in [0.2, 0.25) is 0 Å². The first-order valence-electron chi connectivity index (χ1n) is 10.8. The molecule has 1 aromatic carbocycles. The zero-order valence-corrected chi connectivity index (χ0v) is 17.9. The van der Waals surface area contributed by atoms with Crippen molar-refractivity contribution in [3.8, 4) is 0 Å². The van der Waals surface area contributed by atoms with Crippen LogP contribution in [0.25, 0.3) is 0 Å². The van der Waals surface area contributed by atoms with E-state index in [1.165, 1.54) is 16.7 Å². The standard InChI is InChI=1S/C24H36O4/c1-17(2)18-6-8-20-19(16-18)7-9-21-23(20,3)10-5-11-24(21,4)22(26)28-15-14-27-13-12-25/h6,8,16-17,21,25H,5,7,9-15H2,1-4H3. The van der Waals surface area contributed by atoms with Crippen molar-refractivity contribution in [2.45, 2.75) is 71.1 Å². The number of rotatable bonds is 7. The van der Waals surface area contributed by atoms with Crippen molar-refractivity contribution in [2.75, 3.05) is 26.4 Å². The van der Waals surface area contributed by atoms with Gasteiger partial charge in [0.25, 0.3) is 0 Å². The number of carbonyl (C=O) groups is 1. The molecule has 0 aromatic heterocycles. The van der Waals surface area contributed by atoms with Crippen LogP contribution in [0.3, 0.4) is 0 Å². The Hall–Kier alpha value is -1.39. The van der Waals surface area contributed by atoms with Crippen LogP contribution in [-0.4, -0.2) is 37.5 Å². The van der Waals surface area contributed by atoms with Crippen molar-refractivity contribution in [3.63, 3.8) is 0 Å². The van der Waals surface area contributed by atoms with Crippen LogP contribution in [0.4, 0.5) is 0 Å². The fourth-order valence-electron chi connectivity index (χ4n) is 5.64. The molecule has 3 rings (SSSR count). The molecule has 0 aliphatic heterocycles. The summed E-state index contributed by atoms with van der Waals surface area (Å²) in [4.78, 5) is 13.1. The predicted octanol–water partition coefficient (Wildman–Crippen LogP) is 4.37. The lowest BCUT2D eigenvalue weighted by molar-refractivity contribution is -0.166. The molecular formula is C24H36O4. The third kappa shape index (κ3) is 3.86. The maximum absolute atomic E-state index is 13.1. The van der Waals surface area contributed by atoms with Gasteiger partial charge in [0.05, 0.1) is 25.2 Å². The molecule has 4 nitrogen and oxygen atoms in total. The molecule has 1 saturated carbocycles. The quantitative estimate of drug-likeness (QED) is 0.557. The zero-order valence-electron chi connectivity index (χ0n) is 17.9. The maximum Gasteiger partial charge on any atom is 0.312 e. The topological polar surface area (TPSA) is 55.8 Å². The summed E-state index contributed by atoms with van der Waals surface area (Å²) in [5, 5.41) is 8.77. The monoisotopic (exact) mass is 388 g/mol. The Labute approximate surface area is 169 Å². The lowest BCUT2D eigenvalue weighted by Gasteiger charge is -2.54. The smallest absolute Gasteiger partial charge is 0.312 e. The Morgan fingerprint density at radius 1 is 1.21 bits per heavy atom. The van der Waals surface area contributed by atoms with Gasteiger partial charge >= 0.3 is 5.97 Å². The van der Waals surface area contributed by atoms with E-state index in [-0.39, 0.29) is 31.2 Å². The molecule has 0 saturated heterocycles. The van der Waals surface area contributed by atoms with Gasteiger partial charge in [-0.05, 0) is 66.5 Å². The lowest BCUT2D eigenvalue weighted by atomic mass is 9.49. The minimum atomic E-state index is -0.446. The van der Waals surface area contributed by atoms with Crippen LogP contribution < -0.4 is 0 Å². The second kappa shape index (κ2) is 8.54. The summed E-state index contributed by atoms with van der Waals surface area (Å²) in [6.45, 7) is 9.82. The first-order chi connectivity index (χ1) is 13.3. The third-order valence-corrected chi connectivity index (χ3v) is 7.21. The Morgan fingerprint density at radius 2 is 2.00 bits per heavy atom. The highest BCUT2D eigenvalue weighted by atomic mass is 16.6. The molecular weight excluding hydrogens is 352 g/mol. The van der Waals surface area contributed by atoms with Crippen LogP contribution in [0.1, 0.15) is 76.0 Å². The molecule has 4 heteroatoms. The molecule has 1 fully saturated rings. The number of hydrogen-bond acceptors (Lipinski definition) is 4. The van der Waals surface area contributed by atoms with Crippen LogP contribution in [0.5, 0.6) is 0 Å². The van der Waals surface area contributed by atoms with E-state index in [1.807, 2.05) is 0 Å². The molecule has 2 aliphatic rings. The molecule has 1 aromatic rings. The summed E-state index contributed by atoms with van der Waals surface area (Å²) in [5.74, 6) is 0.755. The minimum Gasteiger partial charge on any atom is -0.463 e. The number of aliphatic hydroxyl groups excluding tert-OH is 1. The van der Waals surface area contributed by atoms with E-state index in [4.69, 9.17) is 14.6 Å². The number of fused-ring (bicyclic) bond motifs is 3. The van der Waals surface area contributed by atoms with Crippen molar-refractivity contribution in [1.82, 2.24) is 0 Å². The van der Waals surface area contributed by atoms with Gasteiger partial charge < -0.3 is 14.6 Å². The van der Waals surface area contributed by atoms with Crippen molar-refractivity contribution in [3.05, 3.63) is 34.9 Å². The highest BCUT2D eigenvalue weighted by Gasteiger charge is 2.55. The first-order valence-corrected chi connectivity index (χ1v) is 10.8. The van der Waals surface area contributed by atoms with Crippen molar-refractivity contribution >= 4 is 5.97 Å². The summed E-state index contributed by atoms with van der Waals surface area (Å²) < 4.78 is 10.8. The Morgan fingerprint density at radius 3 is 2.71 bits per heavy atom. The molecule has 2 aliphatic carbocycles. The van der Waals surface area contributed by atoms with E-state index in [2.05, 4.69) is 45.9 Å². The van der Waals surface area contributed by atoms with Gasteiger partial charge in [-0.15, -0.1) is 0 Å². The molecule has 0 bridgehead atoms. The van der Waals surface area contributed by atoms with Gasteiger partial charge in [-0.3, -0.25) is 4.79 Å². The van der Waals surface area contributed by atoms with E-state index >= 15 is 0 Å². The highest BCUT2D eigenvalue weighted by Crippen LogP contribution is 2.57. The molecule has 156 valence electrons. The van der Waals surface area contributed by atoms with Crippen LogP contribution in [0.15, 0.2) is 18.2 Å². The number of ether oxygens (including phenoxy) is 2. The van der Waals surface area contributed by atoms with Gasteiger partial charge in [-0.25, -0.2) is 0 Å². The molecule has 3 unspecified atom stereocenters. The van der Waals surface area contributed by atoms with Gasteiger partial charge in [0.15, 0.2) is 0 Å². The summed E-state index contributed by atoms with van der Waals surface area (Å²) in [6.07, 6.45) is 5.15. The number of aliphatic hydroxyl groups is 1. The fraction of sp³-hybridized carbons (Fsp3) is 0.708. The third-order valence-electron chi connectivity index (χ3n) is 7.21. The maximum atomic E-state index is 13.1. The Bertz CT molecular complexity index is 698. The molecule has 28 heavy (non-hydrogen) atoms. The largest absolute Gasteiger partial charge is 0.463 e. The second-order valence-corrected chi connectivity index (χ2v) is 9.32. The van der Waals surface area contributed by atoms with E-state index in [9.17, 15) is 4.79 Å². The van der Waals surface area contributed by atoms with Crippen LogP contribution in [0, 0.1) is 11.3 Å². The first kappa shape index (κ1) is 21.3. The normalized spacial score (nSPS) is 29.3. The SMILES string of the molecule is CC(C)c1ccc2c(c1)CCC1C(C)(C(=O)OCCOCCO)CCCC21C. The van der Waals surface area contributed by atoms with Gasteiger partial charge in [-0.1, -0.05) is 45.4 Å². The molecule has 0 radical (unpaired) electrons. The zero-order chi connectivity index (χ0) is 20.4. The summed E-state index contributed by atoms with van der Waals surface area (Å²) in [6, 6.07) is 7.00. The van der Waals surface area contributed by atoms with Crippen molar-refractivity contribution < 1.29 is 19.4 Å². The number of carbonyl (C=O) groups excluding carboxylic acids is 1. The second-order valence-electron chi connectivity index (χ2n) is 9.32. The average molecular weight is 389 g/mol. The summed E-state index contributed by atoms with van der Waals surface area (Å²) >= 11 is 0. The van der Waals surface area contributed by atoms with E-state index < -0.39 is 5.41 Å². The van der Waals surface area contributed by atoms with E-state index in [0.29, 0.717) is 18.4 Å². The molecule has 0 heterocycles. The highest BCUT2D eigenvalue weighted by molar-refractivity contribution is 5.77. The van der Waals surface area contributed by atoms with Gasteiger partial charge in [0.2, 0.25) is 0 Å². The minimum absolute atomic E-state index is 0.00990. The van der Waals surface area contributed by atoms with Crippen LogP contribution >= 0.6 is 0 Å². The van der Waals surface area contributed by atoms with E-state index in [1.54, 1.807) is 0 Å². The fourth-order valence-corrected chi connectivity index (χ4v) is 5.64. The van der Waals surface area contributed by atoms with Crippen LogP contribution in [-0.2, 0) is 26.1 Å². The lowest BCUT2D eigenvalue weighted by Crippen LogP contribution is -2.53. The summed E-state index contributed by atoms with van der Waals surface area (Å²) in [7, 11) is 0. The number of benzene rings is 1. The Kier molecular flexibility index (Phi) is 6.51.